The van der Waals surface area contributed by atoms with Gasteiger partial charge in [-0.1, -0.05) is 32.0 Å². The highest BCUT2D eigenvalue weighted by atomic mass is 35.5. The van der Waals surface area contributed by atoms with Crippen LogP contribution in [0.25, 0.3) is 17.0 Å². The summed E-state index contributed by atoms with van der Waals surface area (Å²) in [5, 5.41) is 4.83. The third kappa shape index (κ3) is 2.54. The third-order valence-electron chi connectivity index (χ3n) is 2.94. The van der Waals surface area contributed by atoms with Gasteiger partial charge in [0.05, 0.1) is 23.1 Å². The van der Waals surface area contributed by atoms with Crippen LogP contribution in [0.5, 0.6) is 0 Å². The Labute approximate surface area is 118 Å². The maximum Gasteiger partial charge on any atom is 0.154 e. The molecule has 2 rings (SSSR count). The Bertz CT molecular complexity index is 628. The Morgan fingerprint density at radius 2 is 2.05 bits per heavy atom. The predicted molar refractivity (Wildman–Crippen MR) is 78.0 cm³/mol. The highest BCUT2D eigenvalue weighted by Crippen LogP contribution is 2.32. The summed E-state index contributed by atoms with van der Waals surface area (Å²) in [5.41, 5.74) is 3.57. The standard InChI is InChI=1S/C14H17ClN4/c1-8(2)10-6-17-19(5)13(10)12-11(15)7-16-14(18-12)9(3)4/h6-8H,3H2,1-2,4-5H3. The van der Waals surface area contributed by atoms with Gasteiger partial charge in [0.1, 0.15) is 5.69 Å². The number of nitrogens with zero attached hydrogens (tertiary/aromatic N) is 4. The summed E-state index contributed by atoms with van der Waals surface area (Å²) in [6.45, 7) is 9.98. The Hall–Kier alpha value is -1.68. The zero-order valence-electron chi connectivity index (χ0n) is 11.6. The zero-order valence-corrected chi connectivity index (χ0v) is 12.4. The van der Waals surface area contributed by atoms with Crippen molar-refractivity contribution in [1.29, 1.82) is 0 Å². The van der Waals surface area contributed by atoms with Crippen LogP contribution in [0.15, 0.2) is 19.0 Å². The maximum absolute atomic E-state index is 6.25. The second-order valence-electron chi connectivity index (χ2n) is 4.90. The molecule has 0 fully saturated rings. The molecule has 4 nitrogen and oxygen atoms in total. The van der Waals surface area contributed by atoms with Crippen LogP contribution >= 0.6 is 11.6 Å². The van der Waals surface area contributed by atoms with E-state index in [0.717, 1.165) is 16.8 Å². The minimum Gasteiger partial charge on any atom is -0.266 e. The van der Waals surface area contributed by atoms with E-state index in [4.69, 9.17) is 11.6 Å². The van der Waals surface area contributed by atoms with Crippen molar-refractivity contribution < 1.29 is 0 Å². The molecular formula is C14H17ClN4. The molecule has 0 aliphatic rings. The molecule has 2 heterocycles. The molecule has 100 valence electrons. The normalized spacial score (nSPS) is 11.1. The minimum absolute atomic E-state index is 0.350. The molecule has 0 aliphatic carbocycles. The Kier molecular flexibility index (Phi) is 3.71. The quantitative estimate of drug-likeness (QED) is 0.859. The first-order chi connectivity index (χ1) is 8.91. The number of aromatic nitrogens is 4. The van der Waals surface area contributed by atoms with E-state index in [1.54, 1.807) is 10.9 Å². The van der Waals surface area contributed by atoms with Crippen LogP contribution in [0.1, 0.15) is 38.1 Å². The first-order valence-electron chi connectivity index (χ1n) is 6.12. The summed E-state index contributed by atoms with van der Waals surface area (Å²) in [6.07, 6.45) is 3.48. The smallest absolute Gasteiger partial charge is 0.154 e. The Morgan fingerprint density at radius 3 is 2.63 bits per heavy atom. The molecule has 5 heteroatoms. The second kappa shape index (κ2) is 5.13. The molecule has 0 radical (unpaired) electrons. The van der Waals surface area contributed by atoms with Gasteiger partial charge in [-0.2, -0.15) is 5.10 Å². The van der Waals surface area contributed by atoms with E-state index < -0.39 is 0 Å². The van der Waals surface area contributed by atoms with E-state index in [9.17, 15) is 0 Å². The van der Waals surface area contributed by atoms with Crippen LogP contribution in [0.3, 0.4) is 0 Å². The summed E-state index contributed by atoms with van der Waals surface area (Å²) in [7, 11) is 1.89. The zero-order chi connectivity index (χ0) is 14.2. The molecule has 0 aliphatic heterocycles. The van der Waals surface area contributed by atoms with E-state index in [2.05, 4.69) is 35.5 Å². The number of hydrogen-bond donors (Lipinski definition) is 0. The van der Waals surface area contributed by atoms with Gasteiger partial charge in [0.2, 0.25) is 0 Å². The lowest BCUT2D eigenvalue weighted by molar-refractivity contribution is 0.770. The van der Waals surface area contributed by atoms with Crippen LogP contribution < -0.4 is 0 Å². The molecule has 2 aromatic heterocycles. The summed E-state index contributed by atoms with van der Waals surface area (Å²) < 4.78 is 1.80. The molecule has 2 aromatic rings. The Balaban J connectivity index is 2.67. The lowest BCUT2D eigenvalue weighted by Crippen LogP contribution is -2.02. The summed E-state index contributed by atoms with van der Waals surface area (Å²) in [4.78, 5) is 8.69. The molecule has 0 amide bonds. The maximum atomic E-state index is 6.25. The molecule has 0 bridgehead atoms. The number of rotatable bonds is 3. The van der Waals surface area contributed by atoms with Crippen molar-refractivity contribution >= 4 is 17.2 Å². The summed E-state index contributed by atoms with van der Waals surface area (Å²) in [6, 6.07) is 0. The van der Waals surface area contributed by atoms with Gasteiger partial charge in [0.25, 0.3) is 0 Å². The molecule has 0 saturated heterocycles. The van der Waals surface area contributed by atoms with Gasteiger partial charge >= 0.3 is 0 Å². The van der Waals surface area contributed by atoms with Crippen molar-refractivity contribution in [3.63, 3.8) is 0 Å². The molecule has 0 unspecified atom stereocenters. The van der Waals surface area contributed by atoms with E-state index in [0.29, 0.717) is 22.5 Å². The van der Waals surface area contributed by atoms with Crippen LogP contribution in [0, 0.1) is 0 Å². The van der Waals surface area contributed by atoms with Gasteiger partial charge in [-0.25, -0.2) is 9.97 Å². The first-order valence-corrected chi connectivity index (χ1v) is 6.50. The van der Waals surface area contributed by atoms with Crippen molar-refractivity contribution in [3.05, 3.63) is 35.4 Å². The summed E-state index contributed by atoms with van der Waals surface area (Å²) in [5.74, 6) is 0.957. The van der Waals surface area contributed by atoms with Crippen LogP contribution in [-0.4, -0.2) is 19.7 Å². The average Bonchev–Trinajstić information content (AvgIpc) is 2.71. The SMILES string of the molecule is C=C(C)c1ncc(Cl)c(-c2c(C(C)C)cnn2C)n1. The molecule has 19 heavy (non-hydrogen) atoms. The van der Waals surface area contributed by atoms with Crippen molar-refractivity contribution in [3.8, 4) is 11.4 Å². The molecule has 0 saturated carbocycles. The number of hydrogen-bond acceptors (Lipinski definition) is 3. The van der Waals surface area contributed by atoms with Gasteiger partial charge in [0, 0.05) is 12.6 Å². The first kappa shape index (κ1) is 13.7. The fourth-order valence-electron chi connectivity index (χ4n) is 1.91. The van der Waals surface area contributed by atoms with Crippen LogP contribution in [0.2, 0.25) is 5.02 Å². The van der Waals surface area contributed by atoms with Crippen molar-refractivity contribution in [2.45, 2.75) is 26.7 Å². The topological polar surface area (TPSA) is 43.6 Å². The van der Waals surface area contributed by atoms with Crippen molar-refractivity contribution in [1.82, 2.24) is 19.7 Å². The van der Waals surface area contributed by atoms with E-state index in [-0.39, 0.29) is 0 Å². The molecule has 0 atom stereocenters. The fourth-order valence-corrected chi connectivity index (χ4v) is 2.09. The fraction of sp³-hybridized carbons (Fsp3) is 0.357. The van der Waals surface area contributed by atoms with Crippen molar-refractivity contribution in [2.24, 2.45) is 7.05 Å². The minimum atomic E-state index is 0.350. The monoisotopic (exact) mass is 276 g/mol. The Morgan fingerprint density at radius 1 is 1.37 bits per heavy atom. The lowest BCUT2D eigenvalue weighted by Gasteiger charge is -2.10. The van der Waals surface area contributed by atoms with Crippen LogP contribution in [0.4, 0.5) is 0 Å². The molecular weight excluding hydrogens is 260 g/mol. The van der Waals surface area contributed by atoms with Gasteiger partial charge in [-0.3, -0.25) is 4.68 Å². The molecule has 0 N–H and O–H groups in total. The molecule has 0 spiro atoms. The number of aryl methyl sites for hydroxylation is 1. The highest BCUT2D eigenvalue weighted by Gasteiger charge is 2.18. The summed E-state index contributed by atoms with van der Waals surface area (Å²) >= 11 is 6.25. The average molecular weight is 277 g/mol. The predicted octanol–water partition coefficient (Wildman–Crippen LogP) is 3.69. The number of halogens is 1. The van der Waals surface area contributed by atoms with Crippen LogP contribution in [-0.2, 0) is 7.05 Å². The van der Waals surface area contributed by atoms with Gasteiger partial charge in [-0.05, 0) is 18.4 Å². The van der Waals surface area contributed by atoms with Gasteiger partial charge in [-0.15, -0.1) is 0 Å². The second-order valence-corrected chi connectivity index (χ2v) is 5.30. The largest absolute Gasteiger partial charge is 0.266 e. The molecule has 0 aromatic carbocycles. The van der Waals surface area contributed by atoms with E-state index >= 15 is 0 Å². The van der Waals surface area contributed by atoms with Gasteiger partial charge < -0.3 is 0 Å². The van der Waals surface area contributed by atoms with Gasteiger partial charge in [0.15, 0.2) is 5.82 Å². The lowest BCUT2D eigenvalue weighted by atomic mass is 10.0. The highest BCUT2D eigenvalue weighted by molar-refractivity contribution is 6.32. The van der Waals surface area contributed by atoms with Crippen molar-refractivity contribution in [2.75, 3.05) is 0 Å². The third-order valence-corrected chi connectivity index (χ3v) is 3.22. The van der Waals surface area contributed by atoms with E-state index in [1.807, 2.05) is 20.2 Å². The van der Waals surface area contributed by atoms with E-state index in [1.165, 1.54) is 0 Å². The number of allylic oxidation sites excluding steroid dienone is 1.